The van der Waals surface area contributed by atoms with Gasteiger partial charge in [0.2, 0.25) is 5.91 Å². The topological polar surface area (TPSA) is 86.9 Å². The summed E-state index contributed by atoms with van der Waals surface area (Å²) in [4.78, 5) is 23.0. The first-order valence-corrected chi connectivity index (χ1v) is 6.21. The van der Waals surface area contributed by atoms with Crippen LogP contribution in [0.2, 0.25) is 0 Å². The van der Waals surface area contributed by atoms with Crippen molar-refractivity contribution in [2.24, 2.45) is 0 Å². The number of amides is 2. The summed E-state index contributed by atoms with van der Waals surface area (Å²) >= 11 is 0. The number of anilines is 1. The summed E-state index contributed by atoms with van der Waals surface area (Å²) in [5.74, 6) is -0.246. The summed E-state index contributed by atoms with van der Waals surface area (Å²) in [5, 5.41) is 11.6. The zero-order valence-electron chi connectivity index (χ0n) is 11.4. The number of H-pyrrole nitrogens is 1. The molecule has 0 unspecified atom stereocenters. The van der Waals surface area contributed by atoms with E-state index < -0.39 is 0 Å². The number of aromatic amines is 1. The number of nitrogens with zero attached hydrogens (tertiary/aromatic N) is 1. The molecule has 0 saturated carbocycles. The fourth-order valence-corrected chi connectivity index (χ4v) is 1.71. The lowest BCUT2D eigenvalue weighted by atomic mass is 10.1. The normalized spacial score (nSPS) is 10.1. The number of hydrogen-bond donors (Lipinski definition) is 3. The summed E-state index contributed by atoms with van der Waals surface area (Å²) in [5.41, 5.74) is 2.49. The number of aromatic nitrogens is 2. The lowest BCUT2D eigenvalue weighted by Gasteiger charge is -2.06. The molecule has 0 spiro atoms. The third-order valence-corrected chi connectivity index (χ3v) is 2.76. The lowest BCUT2D eigenvalue weighted by Crippen LogP contribution is -2.23. The third kappa shape index (κ3) is 3.44. The second-order valence-corrected chi connectivity index (χ2v) is 4.51. The summed E-state index contributed by atoms with van der Waals surface area (Å²) in [6, 6.07) is 7.89. The molecular formula is C14H16N4O2. The number of benzene rings is 1. The summed E-state index contributed by atoms with van der Waals surface area (Å²) < 4.78 is 0. The van der Waals surface area contributed by atoms with E-state index in [4.69, 9.17) is 0 Å². The van der Waals surface area contributed by atoms with Crippen LogP contribution in [0.5, 0.6) is 0 Å². The first-order valence-electron chi connectivity index (χ1n) is 6.21. The maximum atomic E-state index is 12.0. The highest BCUT2D eigenvalue weighted by atomic mass is 16.2. The van der Waals surface area contributed by atoms with Crippen LogP contribution in [0.1, 0.15) is 28.4 Å². The highest BCUT2D eigenvalue weighted by molar-refractivity contribution is 6.02. The molecule has 2 aromatic rings. The van der Waals surface area contributed by atoms with Gasteiger partial charge < -0.3 is 10.6 Å². The van der Waals surface area contributed by atoms with Gasteiger partial charge in [-0.1, -0.05) is 29.8 Å². The van der Waals surface area contributed by atoms with E-state index in [9.17, 15) is 9.59 Å². The van der Waals surface area contributed by atoms with Crippen LogP contribution in [-0.4, -0.2) is 22.0 Å². The molecule has 0 saturated heterocycles. The monoisotopic (exact) mass is 272 g/mol. The molecule has 1 aromatic carbocycles. The van der Waals surface area contributed by atoms with Crippen LogP contribution in [0.3, 0.4) is 0 Å². The van der Waals surface area contributed by atoms with Crippen molar-refractivity contribution in [2.45, 2.75) is 20.4 Å². The largest absolute Gasteiger partial charge is 0.348 e. The van der Waals surface area contributed by atoms with Crippen molar-refractivity contribution >= 4 is 17.6 Å². The summed E-state index contributed by atoms with van der Waals surface area (Å²) in [7, 11) is 0. The van der Waals surface area contributed by atoms with E-state index in [0.717, 1.165) is 5.56 Å². The molecule has 0 bridgehead atoms. The Balaban J connectivity index is 2.00. The molecule has 1 aromatic heterocycles. The van der Waals surface area contributed by atoms with Gasteiger partial charge in [0.25, 0.3) is 5.91 Å². The van der Waals surface area contributed by atoms with Crippen molar-refractivity contribution in [1.29, 1.82) is 0 Å². The summed E-state index contributed by atoms with van der Waals surface area (Å²) in [6.45, 7) is 3.80. The van der Waals surface area contributed by atoms with Gasteiger partial charge >= 0.3 is 0 Å². The first-order chi connectivity index (χ1) is 9.56. The van der Waals surface area contributed by atoms with Gasteiger partial charge in [0.05, 0.1) is 6.20 Å². The van der Waals surface area contributed by atoms with Gasteiger partial charge in [-0.15, -0.1) is 0 Å². The Morgan fingerprint density at radius 2 is 1.95 bits per heavy atom. The predicted octanol–water partition coefficient (Wildman–Crippen LogP) is 1.61. The van der Waals surface area contributed by atoms with Crippen molar-refractivity contribution in [3.63, 3.8) is 0 Å². The average molecular weight is 272 g/mol. The van der Waals surface area contributed by atoms with Gasteiger partial charge in [-0.3, -0.25) is 14.7 Å². The fourth-order valence-electron chi connectivity index (χ4n) is 1.71. The lowest BCUT2D eigenvalue weighted by molar-refractivity contribution is -0.114. The van der Waals surface area contributed by atoms with E-state index in [-0.39, 0.29) is 11.8 Å². The Labute approximate surface area is 116 Å². The Morgan fingerprint density at radius 1 is 1.25 bits per heavy atom. The number of nitrogens with one attached hydrogen (secondary N) is 3. The number of rotatable bonds is 4. The second-order valence-electron chi connectivity index (χ2n) is 4.51. The van der Waals surface area contributed by atoms with E-state index in [2.05, 4.69) is 20.8 Å². The van der Waals surface area contributed by atoms with Crippen molar-refractivity contribution in [3.8, 4) is 0 Å². The smallest absolute Gasteiger partial charge is 0.256 e. The second kappa shape index (κ2) is 6.01. The Hall–Kier alpha value is -2.63. The van der Waals surface area contributed by atoms with Crippen molar-refractivity contribution in [2.75, 3.05) is 5.32 Å². The molecule has 0 atom stereocenters. The van der Waals surface area contributed by atoms with Crippen molar-refractivity contribution < 1.29 is 9.59 Å². The molecule has 6 nitrogen and oxygen atoms in total. The molecule has 1 heterocycles. The first kappa shape index (κ1) is 13.8. The molecule has 20 heavy (non-hydrogen) atoms. The summed E-state index contributed by atoms with van der Waals surface area (Å²) in [6.07, 6.45) is 1.38. The number of aryl methyl sites for hydroxylation is 1. The zero-order chi connectivity index (χ0) is 14.5. The molecule has 0 fully saturated rings. The number of hydrogen-bond acceptors (Lipinski definition) is 3. The highest BCUT2D eigenvalue weighted by Crippen LogP contribution is 2.11. The predicted molar refractivity (Wildman–Crippen MR) is 75.2 cm³/mol. The molecule has 0 aliphatic carbocycles. The third-order valence-electron chi connectivity index (χ3n) is 2.76. The fraction of sp³-hybridized carbons (Fsp3) is 0.214. The molecule has 3 N–H and O–H groups in total. The van der Waals surface area contributed by atoms with Crippen LogP contribution in [-0.2, 0) is 11.3 Å². The van der Waals surface area contributed by atoms with Crippen molar-refractivity contribution in [3.05, 3.63) is 47.2 Å². The molecule has 0 aliphatic rings. The number of carbonyl (C=O) groups excluding carboxylic acids is 2. The van der Waals surface area contributed by atoms with E-state index in [0.29, 0.717) is 17.9 Å². The molecular weight excluding hydrogens is 256 g/mol. The van der Waals surface area contributed by atoms with Crippen LogP contribution in [0.4, 0.5) is 5.82 Å². The molecule has 104 valence electrons. The minimum Gasteiger partial charge on any atom is -0.348 e. The average Bonchev–Trinajstić information content (AvgIpc) is 2.85. The molecule has 0 radical (unpaired) electrons. The number of carbonyl (C=O) groups is 2. The van der Waals surface area contributed by atoms with Gasteiger partial charge in [-0.2, -0.15) is 5.10 Å². The highest BCUT2D eigenvalue weighted by Gasteiger charge is 2.14. The van der Waals surface area contributed by atoms with Gasteiger partial charge in [0, 0.05) is 13.5 Å². The molecule has 2 rings (SSSR count). The Bertz CT molecular complexity index is 616. The zero-order valence-corrected chi connectivity index (χ0v) is 11.4. The molecule has 0 aliphatic heterocycles. The Kier molecular flexibility index (Phi) is 4.14. The van der Waals surface area contributed by atoms with Crippen LogP contribution in [0, 0.1) is 6.92 Å². The van der Waals surface area contributed by atoms with Gasteiger partial charge in [0.15, 0.2) is 0 Å². The van der Waals surface area contributed by atoms with Crippen LogP contribution < -0.4 is 10.6 Å². The maximum absolute atomic E-state index is 12.0. The van der Waals surface area contributed by atoms with E-state index >= 15 is 0 Å². The Morgan fingerprint density at radius 3 is 2.60 bits per heavy atom. The van der Waals surface area contributed by atoms with E-state index in [1.54, 1.807) is 0 Å². The van der Waals surface area contributed by atoms with Gasteiger partial charge in [-0.25, -0.2) is 0 Å². The maximum Gasteiger partial charge on any atom is 0.256 e. The quantitative estimate of drug-likeness (QED) is 0.790. The van der Waals surface area contributed by atoms with Crippen molar-refractivity contribution in [1.82, 2.24) is 15.5 Å². The van der Waals surface area contributed by atoms with Crippen LogP contribution in [0.25, 0.3) is 0 Å². The van der Waals surface area contributed by atoms with Gasteiger partial charge in [-0.05, 0) is 12.5 Å². The van der Waals surface area contributed by atoms with Gasteiger partial charge in [0.1, 0.15) is 11.4 Å². The van der Waals surface area contributed by atoms with E-state index in [1.165, 1.54) is 18.7 Å². The van der Waals surface area contributed by atoms with Crippen LogP contribution in [0.15, 0.2) is 30.5 Å². The minimum absolute atomic E-state index is 0.262. The van der Waals surface area contributed by atoms with Crippen LogP contribution >= 0.6 is 0 Å². The SMILES string of the molecule is CC(=O)Nc1[nH]ncc1C(=O)NCc1ccc(C)cc1. The molecule has 6 heteroatoms. The van der Waals surface area contributed by atoms with E-state index in [1.807, 2.05) is 31.2 Å². The molecule has 2 amide bonds. The standard InChI is InChI=1S/C14H16N4O2/c1-9-3-5-11(6-4-9)7-15-14(20)12-8-16-18-13(12)17-10(2)19/h3-6,8H,7H2,1-2H3,(H,15,20)(H2,16,17,18,19). The minimum atomic E-state index is -0.289.